The van der Waals surface area contributed by atoms with Crippen molar-refractivity contribution in [1.82, 2.24) is 15.3 Å². The Bertz CT molecular complexity index is 732. The highest BCUT2D eigenvalue weighted by molar-refractivity contribution is 5.92. The number of hydrogen-bond donors (Lipinski definition) is 1. The molecule has 1 aromatic heterocycles. The predicted octanol–water partition coefficient (Wildman–Crippen LogP) is 3.36. The Morgan fingerprint density at radius 1 is 1.26 bits per heavy atom. The summed E-state index contributed by atoms with van der Waals surface area (Å²) in [6.45, 7) is -0.0381. The van der Waals surface area contributed by atoms with Gasteiger partial charge in [0.2, 0.25) is 0 Å². The van der Waals surface area contributed by atoms with E-state index in [1.807, 2.05) is 6.07 Å². The number of carbonyl (C=O) groups excluding carboxylic acids is 1. The van der Waals surface area contributed by atoms with Crippen LogP contribution in [0, 0.1) is 5.82 Å². The Balaban J connectivity index is 1.65. The van der Waals surface area contributed by atoms with Gasteiger partial charge in [-0.15, -0.1) is 0 Å². The molecule has 0 radical (unpaired) electrons. The highest BCUT2D eigenvalue weighted by atomic mass is 19.3. The standard InChI is InChI=1S/C16H14F3N3O/c17-12-5-10(9-1-2-9)3-4-11(12)7-20-16(23)14-6-13(15(18)19)21-8-22-14/h3-6,8-9,15H,1-2,7H2,(H,20,23). The third-order valence-electron chi connectivity index (χ3n) is 3.71. The van der Waals surface area contributed by atoms with Gasteiger partial charge in [-0.05, 0) is 36.5 Å². The van der Waals surface area contributed by atoms with Gasteiger partial charge in [0.25, 0.3) is 12.3 Å². The first-order valence-electron chi connectivity index (χ1n) is 7.21. The van der Waals surface area contributed by atoms with E-state index in [2.05, 4.69) is 15.3 Å². The molecular weight excluding hydrogens is 307 g/mol. The van der Waals surface area contributed by atoms with Crippen molar-refractivity contribution in [2.75, 3.05) is 0 Å². The lowest BCUT2D eigenvalue weighted by molar-refractivity contribution is 0.0944. The van der Waals surface area contributed by atoms with Crippen LogP contribution in [0.4, 0.5) is 13.2 Å². The average Bonchev–Trinajstić information content (AvgIpc) is 3.38. The number of rotatable bonds is 5. The van der Waals surface area contributed by atoms with Gasteiger partial charge in [-0.25, -0.2) is 23.1 Å². The van der Waals surface area contributed by atoms with E-state index in [4.69, 9.17) is 0 Å². The molecule has 0 aliphatic heterocycles. The number of aromatic nitrogens is 2. The third kappa shape index (κ3) is 3.67. The molecule has 1 amide bonds. The molecule has 1 saturated carbocycles. The normalized spacial score (nSPS) is 14.1. The molecule has 23 heavy (non-hydrogen) atoms. The molecule has 7 heteroatoms. The highest BCUT2D eigenvalue weighted by Crippen LogP contribution is 2.40. The molecule has 0 atom stereocenters. The van der Waals surface area contributed by atoms with Crippen molar-refractivity contribution in [1.29, 1.82) is 0 Å². The first-order valence-corrected chi connectivity index (χ1v) is 7.21. The summed E-state index contributed by atoms with van der Waals surface area (Å²) in [6.07, 6.45) is 0.282. The van der Waals surface area contributed by atoms with E-state index in [9.17, 15) is 18.0 Å². The maximum absolute atomic E-state index is 14.0. The van der Waals surface area contributed by atoms with E-state index in [0.717, 1.165) is 30.8 Å². The fraction of sp³-hybridized carbons (Fsp3) is 0.312. The first-order chi connectivity index (χ1) is 11.0. The van der Waals surface area contributed by atoms with Crippen LogP contribution in [0.2, 0.25) is 0 Å². The zero-order valence-electron chi connectivity index (χ0n) is 12.1. The molecular formula is C16H14F3N3O. The van der Waals surface area contributed by atoms with Crippen molar-refractivity contribution < 1.29 is 18.0 Å². The monoisotopic (exact) mass is 321 g/mol. The van der Waals surface area contributed by atoms with Gasteiger partial charge in [0.15, 0.2) is 0 Å². The second kappa shape index (κ2) is 6.36. The van der Waals surface area contributed by atoms with Gasteiger partial charge < -0.3 is 5.32 Å². The molecule has 2 aromatic rings. The largest absolute Gasteiger partial charge is 0.347 e. The molecule has 1 N–H and O–H groups in total. The molecule has 0 unspecified atom stereocenters. The van der Waals surface area contributed by atoms with Crippen LogP contribution in [0.3, 0.4) is 0 Å². The van der Waals surface area contributed by atoms with Crippen LogP contribution in [0.1, 0.15) is 52.5 Å². The number of halogens is 3. The van der Waals surface area contributed by atoms with Crippen molar-refractivity contribution in [3.05, 3.63) is 58.9 Å². The highest BCUT2D eigenvalue weighted by Gasteiger charge is 2.24. The summed E-state index contributed by atoms with van der Waals surface area (Å²) in [4.78, 5) is 19.0. The lowest BCUT2D eigenvalue weighted by Gasteiger charge is -2.08. The molecule has 1 heterocycles. The van der Waals surface area contributed by atoms with Crippen molar-refractivity contribution in [3.63, 3.8) is 0 Å². The Kier molecular flexibility index (Phi) is 4.27. The number of hydrogen-bond acceptors (Lipinski definition) is 3. The van der Waals surface area contributed by atoms with Crippen LogP contribution >= 0.6 is 0 Å². The van der Waals surface area contributed by atoms with E-state index in [1.54, 1.807) is 6.07 Å². The van der Waals surface area contributed by atoms with Gasteiger partial charge in [0, 0.05) is 12.1 Å². The zero-order chi connectivity index (χ0) is 16.4. The molecule has 1 aromatic carbocycles. The molecule has 0 bridgehead atoms. The third-order valence-corrected chi connectivity index (χ3v) is 3.71. The van der Waals surface area contributed by atoms with Gasteiger partial charge in [-0.3, -0.25) is 4.79 Å². The minimum atomic E-state index is -2.78. The fourth-order valence-electron chi connectivity index (χ4n) is 2.26. The molecule has 1 aliphatic rings. The molecule has 0 saturated heterocycles. The molecule has 1 fully saturated rings. The number of alkyl halides is 2. The number of nitrogens with one attached hydrogen (secondary N) is 1. The van der Waals surface area contributed by atoms with E-state index >= 15 is 0 Å². The van der Waals surface area contributed by atoms with Crippen LogP contribution < -0.4 is 5.32 Å². The Labute approximate surface area is 130 Å². The maximum Gasteiger partial charge on any atom is 0.280 e. The van der Waals surface area contributed by atoms with E-state index < -0.39 is 18.0 Å². The summed E-state index contributed by atoms with van der Waals surface area (Å²) in [5.74, 6) is -0.590. The van der Waals surface area contributed by atoms with Crippen molar-refractivity contribution in [2.24, 2.45) is 0 Å². The van der Waals surface area contributed by atoms with Crippen molar-refractivity contribution >= 4 is 5.91 Å². The number of nitrogens with zero attached hydrogens (tertiary/aromatic N) is 2. The maximum atomic E-state index is 14.0. The molecule has 4 nitrogen and oxygen atoms in total. The molecule has 1 aliphatic carbocycles. The quantitative estimate of drug-likeness (QED) is 0.919. The smallest absolute Gasteiger partial charge is 0.280 e. The summed E-state index contributed by atoms with van der Waals surface area (Å²) >= 11 is 0. The van der Waals surface area contributed by atoms with Crippen molar-refractivity contribution in [2.45, 2.75) is 31.7 Å². The van der Waals surface area contributed by atoms with Gasteiger partial charge >= 0.3 is 0 Å². The first kappa shape index (κ1) is 15.5. The van der Waals surface area contributed by atoms with Crippen LogP contribution in [0.15, 0.2) is 30.6 Å². The lowest BCUT2D eigenvalue weighted by Crippen LogP contribution is -2.24. The lowest BCUT2D eigenvalue weighted by atomic mass is 10.1. The number of carbonyl (C=O) groups is 1. The van der Waals surface area contributed by atoms with Crippen LogP contribution in [0.5, 0.6) is 0 Å². The van der Waals surface area contributed by atoms with Gasteiger partial charge in [-0.1, -0.05) is 12.1 Å². The van der Waals surface area contributed by atoms with Gasteiger partial charge in [0.1, 0.15) is 23.5 Å². The second-order valence-electron chi connectivity index (χ2n) is 5.44. The van der Waals surface area contributed by atoms with Crippen LogP contribution in [-0.2, 0) is 6.54 Å². The summed E-state index contributed by atoms with van der Waals surface area (Å²) in [6, 6.07) is 5.89. The minimum Gasteiger partial charge on any atom is -0.347 e. The summed E-state index contributed by atoms with van der Waals surface area (Å²) in [7, 11) is 0. The SMILES string of the molecule is O=C(NCc1ccc(C2CC2)cc1F)c1cc(C(F)F)ncn1. The molecule has 3 rings (SSSR count). The van der Waals surface area contributed by atoms with E-state index in [-0.39, 0.29) is 18.1 Å². The topological polar surface area (TPSA) is 54.9 Å². The molecule has 0 spiro atoms. The second-order valence-corrected chi connectivity index (χ2v) is 5.44. The predicted molar refractivity (Wildman–Crippen MR) is 76.5 cm³/mol. The minimum absolute atomic E-state index is 0.0381. The molecule has 120 valence electrons. The van der Waals surface area contributed by atoms with Gasteiger partial charge in [0.05, 0.1) is 0 Å². The fourth-order valence-corrected chi connectivity index (χ4v) is 2.26. The van der Waals surface area contributed by atoms with E-state index in [0.29, 0.717) is 11.5 Å². The van der Waals surface area contributed by atoms with Crippen LogP contribution in [-0.4, -0.2) is 15.9 Å². The Hall–Kier alpha value is -2.44. The Morgan fingerprint density at radius 3 is 2.70 bits per heavy atom. The van der Waals surface area contributed by atoms with Crippen LogP contribution in [0.25, 0.3) is 0 Å². The average molecular weight is 321 g/mol. The number of amides is 1. The summed E-state index contributed by atoms with van der Waals surface area (Å²) in [5, 5.41) is 2.47. The van der Waals surface area contributed by atoms with Crippen molar-refractivity contribution in [3.8, 4) is 0 Å². The zero-order valence-corrected chi connectivity index (χ0v) is 12.1. The van der Waals surface area contributed by atoms with E-state index in [1.165, 1.54) is 6.07 Å². The number of benzene rings is 1. The summed E-state index contributed by atoms with van der Waals surface area (Å²) < 4.78 is 39.1. The Morgan fingerprint density at radius 2 is 2.04 bits per heavy atom. The van der Waals surface area contributed by atoms with Gasteiger partial charge in [-0.2, -0.15) is 0 Å². The summed E-state index contributed by atoms with van der Waals surface area (Å²) in [5.41, 5.74) is 0.608.